The van der Waals surface area contributed by atoms with E-state index < -0.39 is 10.0 Å². The van der Waals surface area contributed by atoms with E-state index in [9.17, 15) is 13.2 Å². The van der Waals surface area contributed by atoms with Gasteiger partial charge in [0.15, 0.2) is 0 Å². The molecule has 0 saturated heterocycles. The molecule has 0 fully saturated rings. The van der Waals surface area contributed by atoms with E-state index in [4.69, 9.17) is 0 Å². The van der Waals surface area contributed by atoms with Gasteiger partial charge >= 0.3 is 0 Å². The van der Waals surface area contributed by atoms with Crippen molar-refractivity contribution in [2.24, 2.45) is 0 Å². The topological polar surface area (TPSA) is 75.3 Å². The fourth-order valence-corrected chi connectivity index (χ4v) is 2.60. The van der Waals surface area contributed by atoms with Gasteiger partial charge < -0.3 is 5.32 Å². The van der Waals surface area contributed by atoms with Gasteiger partial charge in [-0.1, -0.05) is 12.1 Å². The van der Waals surface area contributed by atoms with Crippen molar-refractivity contribution < 1.29 is 13.2 Å². The standard InChI is InChI=1S/C16H18N2O3S/c1-11-5-4-6-15(12(11)2)16(19)17-13-7-9-14(10-8-13)18-22(3,20)21/h4-10,18H,1-3H3,(H,17,19). The minimum atomic E-state index is -3.30. The fraction of sp³-hybridized carbons (Fsp3) is 0.188. The maximum atomic E-state index is 12.3. The zero-order chi connectivity index (χ0) is 16.3. The Morgan fingerprint density at radius 3 is 2.14 bits per heavy atom. The zero-order valence-electron chi connectivity index (χ0n) is 12.7. The molecule has 2 N–H and O–H groups in total. The molecule has 0 aliphatic rings. The summed E-state index contributed by atoms with van der Waals surface area (Å²) >= 11 is 0. The number of carbonyl (C=O) groups excluding carboxylic acids is 1. The number of hydrogen-bond donors (Lipinski definition) is 2. The van der Waals surface area contributed by atoms with Crippen LogP contribution in [0.1, 0.15) is 21.5 Å². The summed E-state index contributed by atoms with van der Waals surface area (Å²) in [6.07, 6.45) is 1.09. The predicted octanol–water partition coefficient (Wildman–Crippen LogP) is 2.93. The number of benzene rings is 2. The van der Waals surface area contributed by atoms with Gasteiger partial charge in [-0.25, -0.2) is 8.42 Å². The Labute approximate surface area is 130 Å². The quantitative estimate of drug-likeness (QED) is 0.910. The molecule has 0 aliphatic carbocycles. The van der Waals surface area contributed by atoms with Gasteiger partial charge in [-0.15, -0.1) is 0 Å². The Morgan fingerprint density at radius 2 is 1.55 bits per heavy atom. The van der Waals surface area contributed by atoms with Gasteiger partial charge in [0.2, 0.25) is 10.0 Å². The van der Waals surface area contributed by atoms with Crippen LogP contribution in [0.4, 0.5) is 11.4 Å². The van der Waals surface area contributed by atoms with Crippen molar-refractivity contribution in [3.63, 3.8) is 0 Å². The van der Waals surface area contributed by atoms with Gasteiger partial charge in [-0.2, -0.15) is 0 Å². The third-order valence-electron chi connectivity index (χ3n) is 3.30. The number of carbonyl (C=O) groups is 1. The van der Waals surface area contributed by atoms with Crippen molar-refractivity contribution >= 4 is 27.3 Å². The third-order valence-corrected chi connectivity index (χ3v) is 3.90. The summed E-state index contributed by atoms with van der Waals surface area (Å²) in [6, 6.07) is 12.1. The van der Waals surface area contributed by atoms with E-state index in [0.29, 0.717) is 16.9 Å². The number of amides is 1. The third kappa shape index (κ3) is 4.08. The highest BCUT2D eigenvalue weighted by Gasteiger charge is 2.10. The second-order valence-electron chi connectivity index (χ2n) is 5.15. The molecule has 2 rings (SSSR count). The number of anilines is 2. The summed E-state index contributed by atoms with van der Waals surface area (Å²) in [5.74, 6) is -0.190. The minimum absolute atomic E-state index is 0.190. The van der Waals surface area contributed by atoms with Crippen LogP contribution < -0.4 is 10.0 Å². The maximum Gasteiger partial charge on any atom is 0.255 e. The second-order valence-corrected chi connectivity index (χ2v) is 6.90. The summed E-state index contributed by atoms with van der Waals surface area (Å²) in [6.45, 7) is 3.86. The number of sulfonamides is 1. The number of aryl methyl sites for hydroxylation is 1. The number of rotatable bonds is 4. The van der Waals surface area contributed by atoms with Crippen molar-refractivity contribution in [1.82, 2.24) is 0 Å². The Balaban J connectivity index is 2.14. The summed E-state index contributed by atoms with van der Waals surface area (Å²) < 4.78 is 24.6. The first-order valence-corrected chi connectivity index (χ1v) is 8.61. The molecule has 0 atom stereocenters. The normalized spacial score (nSPS) is 11.0. The summed E-state index contributed by atoms with van der Waals surface area (Å²) in [7, 11) is -3.30. The molecule has 0 saturated carbocycles. The van der Waals surface area contributed by atoms with Gasteiger partial charge in [0, 0.05) is 16.9 Å². The Morgan fingerprint density at radius 1 is 0.955 bits per heavy atom. The molecule has 0 spiro atoms. The highest BCUT2D eigenvalue weighted by Crippen LogP contribution is 2.17. The van der Waals surface area contributed by atoms with Crippen LogP contribution >= 0.6 is 0 Å². The molecule has 0 radical (unpaired) electrons. The van der Waals surface area contributed by atoms with Crippen LogP contribution in [0.15, 0.2) is 42.5 Å². The van der Waals surface area contributed by atoms with Crippen LogP contribution in [0.25, 0.3) is 0 Å². The molecule has 22 heavy (non-hydrogen) atoms. The average Bonchev–Trinajstić information content (AvgIpc) is 2.42. The Bertz CT molecular complexity index is 797. The molecule has 5 nitrogen and oxygen atoms in total. The van der Waals surface area contributed by atoms with Crippen molar-refractivity contribution in [1.29, 1.82) is 0 Å². The highest BCUT2D eigenvalue weighted by atomic mass is 32.2. The van der Waals surface area contributed by atoms with E-state index in [2.05, 4.69) is 10.0 Å². The second kappa shape index (κ2) is 6.19. The number of hydrogen-bond acceptors (Lipinski definition) is 3. The van der Waals surface area contributed by atoms with Gasteiger partial charge in [-0.3, -0.25) is 9.52 Å². The van der Waals surface area contributed by atoms with Gasteiger partial charge in [0.1, 0.15) is 0 Å². The average molecular weight is 318 g/mol. The van der Waals surface area contributed by atoms with E-state index in [1.165, 1.54) is 0 Å². The Hall–Kier alpha value is -2.34. The van der Waals surface area contributed by atoms with Crippen molar-refractivity contribution in [3.05, 3.63) is 59.2 Å². The lowest BCUT2D eigenvalue weighted by atomic mass is 10.0. The molecule has 0 aliphatic heterocycles. The van der Waals surface area contributed by atoms with Crippen LogP contribution in [-0.2, 0) is 10.0 Å². The first-order valence-electron chi connectivity index (χ1n) is 6.72. The molecule has 1 amide bonds. The van der Waals surface area contributed by atoms with Crippen LogP contribution in [0.5, 0.6) is 0 Å². The lowest BCUT2D eigenvalue weighted by Crippen LogP contribution is -2.14. The minimum Gasteiger partial charge on any atom is -0.322 e. The van der Waals surface area contributed by atoms with E-state index in [0.717, 1.165) is 17.4 Å². The molecule has 6 heteroatoms. The monoisotopic (exact) mass is 318 g/mol. The SMILES string of the molecule is Cc1cccc(C(=O)Nc2ccc(NS(C)(=O)=O)cc2)c1C. The fourth-order valence-electron chi connectivity index (χ4n) is 2.03. The molecular formula is C16H18N2O3S. The van der Waals surface area contributed by atoms with Crippen molar-refractivity contribution in [3.8, 4) is 0 Å². The smallest absolute Gasteiger partial charge is 0.255 e. The van der Waals surface area contributed by atoms with E-state index in [-0.39, 0.29) is 5.91 Å². The van der Waals surface area contributed by atoms with E-state index in [1.807, 2.05) is 26.0 Å². The predicted molar refractivity (Wildman–Crippen MR) is 88.8 cm³/mol. The van der Waals surface area contributed by atoms with Crippen LogP contribution in [0, 0.1) is 13.8 Å². The van der Waals surface area contributed by atoms with Crippen LogP contribution in [0.2, 0.25) is 0 Å². The maximum absolute atomic E-state index is 12.3. The highest BCUT2D eigenvalue weighted by molar-refractivity contribution is 7.92. The first kappa shape index (κ1) is 16.0. The molecule has 0 heterocycles. The summed E-state index contributed by atoms with van der Waals surface area (Å²) in [5, 5.41) is 2.80. The largest absolute Gasteiger partial charge is 0.322 e. The zero-order valence-corrected chi connectivity index (χ0v) is 13.5. The van der Waals surface area contributed by atoms with Gasteiger partial charge in [-0.05, 0) is 55.3 Å². The lowest BCUT2D eigenvalue weighted by Gasteiger charge is -2.10. The molecule has 0 aromatic heterocycles. The first-order chi connectivity index (χ1) is 10.3. The van der Waals surface area contributed by atoms with Gasteiger partial charge in [0.25, 0.3) is 5.91 Å². The summed E-state index contributed by atoms with van der Waals surface area (Å²) in [5.41, 5.74) is 3.67. The summed E-state index contributed by atoms with van der Waals surface area (Å²) in [4.78, 5) is 12.3. The molecule has 0 unspecified atom stereocenters. The lowest BCUT2D eigenvalue weighted by molar-refractivity contribution is 0.102. The Kier molecular flexibility index (Phi) is 4.51. The van der Waals surface area contributed by atoms with Gasteiger partial charge in [0.05, 0.1) is 6.26 Å². The van der Waals surface area contributed by atoms with E-state index >= 15 is 0 Å². The number of nitrogens with one attached hydrogen (secondary N) is 2. The molecule has 2 aromatic carbocycles. The van der Waals surface area contributed by atoms with Crippen molar-refractivity contribution in [2.75, 3.05) is 16.3 Å². The van der Waals surface area contributed by atoms with Crippen molar-refractivity contribution in [2.45, 2.75) is 13.8 Å². The molecular weight excluding hydrogens is 300 g/mol. The molecule has 116 valence electrons. The van der Waals surface area contributed by atoms with Crippen LogP contribution in [-0.4, -0.2) is 20.6 Å². The van der Waals surface area contributed by atoms with Crippen LogP contribution in [0.3, 0.4) is 0 Å². The molecule has 0 bridgehead atoms. The van der Waals surface area contributed by atoms with E-state index in [1.54, 1.807) is 30.3 Å². The molecule has 2 aromatic rings.